The van der Waals surface area contributed by atoms with Crippen molar-refractivity contribution in [3.05, 3.63) is 54.2 Å². The Balaban J connectivity index is 1.82. The third-order valence-electron chi connectivity index (χ3n) is 3.18. The van der Waals surface area contributed by atoms with Crippen molar-refractivity contribution in [2.45, 2.75) is 6.42 Å². The van der Waals surface area contributed by atoms with E-state index in [1.165, 1.54) is 0 Å². The van der Waals surface area contributed by atoms with E-state index in [1.807, 2.05) is 41.8 Å². The van der Waals surface area contributed by atoms with Crippen LogP contribution in [0.5, 0.6) is 0 Å². The Bertz CT molecular complexity index is 804. The van der Waals surface area contributed by atoms with Crippen LogP contribution >= 0.6 is 27.3 Å². The van der Waals surface area contributed by atoms with Crippen molar-refractivity contribution in [1.82, 2.24) is 9.97 Å². The van der Waals surface area contributed by atoms with Crippen molar-refractivity contribution < 1.29 is 4.79 Å². The molecule has 3 aromatic rings. The molecule has 0 radical (unpaired) electrons. The molecule has 1 aromatic carbocycles. The highest BCUT2D eigenvalue weighted by Gasteiger charge is 2.08. The van der Waals surface area contributed by atoms with E-state index >= 15 is 0 Å². The second-order valence-corrected chi connectivity index (χ2v) is 6.50. The highest BCUT2D eigenvalue weighted by Crippen LogP contribution is 2.29. The summed E-state index contributed by atoms with van der Waals surface area (Å²) < 4.78 is 0. The van der Waals surface area contributed by atoms with Gasteiger partial charge in [-0.3, -0.25) is 9.78 Å². The maximum absolute atomic E-state index is 11.7. The summed E-state index contributed by atoms with van der Waals surface area (Å²) >= 11 is 4.85. The number of amides is 1. The van der Waals surface area contributed by atoms with E-state index < -0.39 is 0 Å². The van der Waals surface area contributed by atoms with Crippen LogP contribution < -0.4 is 5.32 Å². The number of rotatable bonds is 5. The molecule has 0 unspecified atom stereocenters. The number of hydrogen-bond acceptors (Lipinski definition) is 4. The lowest BCUT2D eigenvalue weighted by Gasteiger charge is -2.05. The van der Waals surface area contributed by atoms with E-state index in [9.17, 15) is 4.79 Å². The summed E-state index contributed by atoms with van der Waals surface area (Å²) in [5, 5.41) is 6.49. The topological polar surface area (TPSA) is 54.9 Å². The SMILES string of the molecule is O=C(CCBr)Nc1cccc(-c2csc(-c3cccnc3)n2)c1. The molecule has 0 fully saturated rings. The molecule has 0 saturated carbocycles. The van der Waals surface area contributed by atoms with E-state index in [0.29, 0.717) is 11.8 Å². The highest BCUT2D eigenvalue weighted by atomic mass is 79.9. The molecule has 2 aromatic heterocycles. The normalized spacial score (nSPS) is 10.5. The van der Waals surface area contributed by atoms with E-state index in [4.69, 9.17) is 0 Å². The van der Waals surface area contributed by atoms with Gasteiger partial charge in [0.25, 0.3) is 0 Å². The molecule has 0 aliphatic carbocycles. The number of halogens is 1. The molecule has 2 heterocycles. The monoisotopic (exact) mass is 387 g/mol. The third kappa shape index (κ3) is 4.03. The number of pyridine rings is 1. The standard InChI is InChI=1S/C17H14BrN3OS/c18-7-6-16(22)20-14-5-1-3-12(9-14)15-11-23-17(21-15)13-4-2-8-19-10-13/h1-5,8-11H,6-7H2,(H,20,22). The largest absolute Gasteiger partial charge is 0.326 e. The van der Waals surface area contributed by atoms with E-state index in [-0.39, 0.29) is 5.91 Å². The Hall–Kier alpha value is -2.05. The van der Waals surface area contributed by atoms with Crippen LogP contribution in [-0.4, -0.2) is 21.2 Å². The van der Waals surface area contributed by atoms with Crippen molar-refractivity contribution in [1.29, 1.82) is 0 Å². The molecular weight excluding hydrogens is 374 g/mol. The zero-order chi connectivity index (χ0) is 16.1. The molecule has 0 atom stereocenters. The van der Waals surface area contributed by atoms with Crippen LogP contribution in [0.1, 0.15) is 6.42 Å². The Labute approximate surface area is 146 Å². The molecule has 0 spiro atoms. The van der Waals surface area contributed by atoms with Crippen molar-refractivity contribution >= 4 is 38.9 Å². The first-order valence-corrected chi connectivity index (χ1v) is 9.08. The number of nitrogens with one attached hydrogen (secondary N) is 1. The van der Waals surface area contributed by atoms with Gasteiger partial charge in [0.2, 0.25) is 5.91 Å². The molecule has 0 aliphatic rings. The van der Waals surface area contributed by atoms with Crippen molar-refractivity contribution in [3.8, 4) is 21.8 Å². The number of benzene rings is 1. The van der Waals surface area contributed by atoms with Gasteiger partial charge in [0.05, 0.1) is 5.69 Å². The van der Waals surface area contributed by atoms with Gasteiger partial charge in [0.15, 0.2) is 0 Å². The first-order valence-electron chi connectivity index (χ1n) is 7.08. The van der Waals surface area contributed by atoms with Crippen molar-refractivity contribution in [2.24, 2.45) is 0 Å². The maximum Gasteiger partial charge on any atom is 0.225 e. The Morgan fingerprint density at radius 1 is 1.22 bits per heavy atom. The Morgan fingerprint density at radius 3 is 2.87 bits per heavy atom. The molecule has 0 saturated heterocycles. The molecule has 1 N–H and O–H groups in total. The van der Waals surface area contributed by atoms with Crippen LogP contribution in [0.2, 0.25) is 0 Å². The van der Waals surface area contributed by atoms with Crippen LogP contribution in [0.25, 0.3) is 21.8 Å². The van der Waals surface area contributed by atoms with Gasteiger partial charge in [-0.05, 0) is 24.3 Å². The molecule has 0 bridgehead atoms. The van der Waals surface area contributed by atoms with Gasteiger partial charge in [-0.1, -0.05) is 28.1 Å². The summed E-state index contributed by atoms with van der Waals surface area (Å²) in [7, 11) is 0. The lowest BCUT2D eigenvalue weighted by molar-refractivity contribution is -0.115. The lowest BCUT2D eigenvalue weighted by atomic mass is 10.1. The second-order valence-electron chi connectivity index (χ2n) is 4.85. The molecule has 4 nitrogen and oxygen atoms in total. The molecule has 23 heavy (non-hydrogen) atoms. The predicted octanol–water partition coefficient (Wildman–Crippen LogP) is 4.60. The molecule has 0 aliphatic heterocycles. The second kappa shape index (κ2) is 7.48. The number of carbonyl (C=O) groups is 1. The summed E-state index contributed by atoms with van der Waals surface area (Å²) in [5.74, 6) is -0.00616. The van der Waals surface area contributed by atoms with Gasteiger partial charge in [-0.25, -0.2) is 4.98 Å². The molecular formula is C17H14BrN3OS. The Morgan fingerprint density at radius 2 is 2.09 bits per heavy atom. The number of aromatic nitrogens is 2. The van der Waals surface area contributed by atoms with Crippen molar-refractivity contribution in [2.75, 3.05) is 10.6 Å². The van der Waals surface area contributed by atoms with Gasteiger partial charge in [-0.2, -0.15) is 0 Å². The van der Waals surface area contributed by atoms with Gasteiger partial charge in [0, 0.05) is 46.3 Å². The van der Waals surface area contributed by atoms with Gasteiger partial charge in [-0.15, -0.1) is 11.3 Å². The van der Waals surface area contributed by atoms with Crippen LogP contribution in [0.3, 0.4) is 0 Å². The number of carbonyl (C=O) groups excluding carboxylic acids is 1. The van der Waals surface area contributed by atoms with Crippen LogP contribution in [0.15, 0.2) is 54.2 Å². The molecule has 3 rings (SSSR count). The maximum atomic E-state index is 11.7. The fourth-order valence-corrected chi connectivity index (χ4v) is 3.27. The Kier molecular flexibility index (Phi) is 5.15. The number of anilines is 1. The number of alkyl halides is 1. The summed E-state index contributed by atoms with van der Waals surface area (Å²) in [6.07, 6.45) is 4.00. The van der Waals surface area contributed by atoms with Crippen LogP contribution in [-0.2, 0) is 4.79 Å². The zero-order valence-electron chi connectivity index (χ0n) is 12.2. The van der Waals surface area contributed by atoms with E-state index in [2.05, 4.69) is 31.2 Å². The van der Waals surface area contributed by atoms with Gasteiger partial charge >= 0.3 is 0 Å². The number of thiazole rings is 1. The van der Waals surface area contributed by atoms with Crippen molar-refractivity contribution in [3.63, 3.8) is 0 Å². The quantitative estimate of drug-likeness (QED) is 0.651. The fourth-order valence-electron chi connectivity index (χ4n) is 2.09. The summed E-state index contributed by atoms with van der Waals surface area (Å²) in [4.78, 5) is 20.5. The van der Waals surface area contributed by atoms with E-state index in [0.717, 1.165) is 27.5 Å². The molecule has 1 amide bonds. The van der Waals surface area contributed by atoms with Crippen LogP contribution in [0, 0.1) is 0 Å². The fraction of sp³-hybridized carbons (Fsp3) is 0.118. The minimum Gasteiger partial charge on any atom is -0.326 e. The first kappa shape index (κ1) is 15.8. The minimum absolute atomic E-state index is 0.00616. The van der Waals surface area contributed by atoms with Gasteiger partial charge < -0.3 is 5.32 Å². The summed E-state index contributed by atoms with van der Waals surface area (Å²) in [6, 6.07) is 11.6. The highest BCUT2D eigenvalue weighted by molar-refractivity contribution is 9.09. The smallest absolute Gasteiger partial charge is 0.225 e. The molecule has 6 heteroatoms. The summed E-state index contributed by atoms with van der Waals surface area (Å²) in [6.45, 7) is 0. The number of hydrogen-bond donors (Lipinski definition) is 1. The lowest BCUT2D eigenvalue weighted by Crippen LogP contribution is -2.11. The first-order chi connectivity index (χ1) is 11.3. The molecule has 116 valence electrons. The average Bonchev–Trinajstić information content (AvgIpc) is 3.06. The predicted molar refractivity (Wildman–Crippen MR) is 97.8 cm³/mol. The third-order valence-corrected chi connectivity index (χ3v) is 4.46. The van der Waals surface area contributed by atoms with Gasteiger partial charge in [0.1, 0.15) is 5.01 Å². The minimum atomic E-state index is -0.00616. The van der Waals surface area contributed by atoms with Crippen LogP contribution in [0.4, 0.5) is 5.69 Å². The van der Waals surface area contributed by atoms with E-state index in [1.54, 1.807) is 23.7 Å². The summed E-state index contributed by atoms with van der Waals surface area (Å²) in [5.41, 5.74) is 3.66. The average molecular weight is 388 g/mol. The zero-order valence-corrected chi connectivity index (χ0v) is 14.6. The number of nitrogens with zero attached hydrogens (tertiary/aromatic N) is 2.